The van der Waals surface area contributed by atoms with Crippen molar-refractivity contribution in [2.75, 3.05) is 26.2 Å². The predicted octanol–water partition coefficient (Wildman–Crippen LogP) is 3.39. The second-order valence-electron chi connectivity index (χ2n) is 6.66. The van der Waals surface area contributed by atoms with Crippen molar-refractivity contribution in [2.45, 2.75) is 25.9 Å². The van der Waals surface area contributed by atoms with Gasteiger partial charge in [0.05, 0.1) is 4.92 Å². The van der Waals surface area contributed by atoms with E-state index in [0.717, 1.165) is 5.56 Å². The molecule has 1 atom stereocenters. The Morgan fingerprint density at radius 2 is 1.89 bits per heavy atom. The lowest BCUT2D eigenvalue weighted by Gasteiger charge is -2.36. The Hall–Kier alpha value is -2.16. The topological polar surface area (TPSA) is 84.5 Å². The van der Waals surface area contributed by atoms with Gasteiger partial charge in [0, 0.05) is 48.3 Å². The molecule has 1 aromatic heterocycles. The number of benzene rings is 1. The Bertz CT molecular complexity index is 844. The Morgan fingerprint density at radius 3 is 2.43 bits per heavy atom. The van der Waals surface area contributed by atoms with Crippen molar-refractivity contribution in [2.24, 2.45) is 0 Å². The largest absolute Gasteiger partial charge is 0.338 e. The summed E-state index contributed by atoms with van der Waals surface area (Å²) in [6.45, 7) is 5.03. The monoisotopic (exact) mass is 425 g/mol. The summed E-state index contributed by atoms with van der Waals surface area (Å²) in [5.41, 5.74) is 0.772. The van der Waals surface area contributed by atoms with E-state index in [4.69, 9.17) is 23.2 Å². The molecule has 2 aromatic rings. The molecule has 1 unspecified atom stereocenters. The van der Waals surface area contributed by atoms with Gasteiger partial charge in [0.1, 0.15) is 18.4 Å². The minimum absolute atomic E-state index is 0.0732. The predicted molar refractivity (Wildman–Crippen MR) is 107 cm³/mol. The highest BCUT2D eigenvalue weighted by molar-refractivity contribution is 6.35. The molecule has 1 aliphatic heterocycles. The van der Waals surface area contributed by atoms with E-state index in [1.807, 2.05) is 25.1 Å². The quantitative estimate of drug-likeness (QED) is 0.522. The molecule has 10 heteroatoms. The number of nitrogens with zero attached hydrogens (tertiary/aromatic N) is 5. The number of carbonyl (C=O) groups excluding carboxylic acids is 1. The van der Waals surface area contributed by atoms with Crippen LogP contribution < -0.4 is 0 Å². The zero-order valence-electron chi connectivity index (χ0n) is 15.4. The van der Waals surface area contributed by atoms with Gasteiger partial charge in [0.2, 0.25) is 5.91 Å². The average Bonchev–Trinajstić information content (AvgIpc) is 3.16. The molecule has 3 rings (SSSR count). The van der Waals surface area contributed by atoms with Gasteiger partial charge in [-0.1, -0.05) is 36.2 Å². The van der Waals surface area contributed by atoms with Crippen LogP contribution in [0.25, 0.3) is 0 Å². The van der Waals surface area contributed by atoms with Crippen LogP contribution in [0.4, 0.5) is 5.69 Å². The van der Waals surface area contributed by atoms with Gasteiger partial charge in [-0.15, -0.1) is 0 Å². The summed E-state index contributed by atoms with van der Waals surface area (Å²) in [6, 6.07) is 4.91. The Kier molecular flexibility index (Phi) is 6.53. The van der Waals surface area contributed by atoms with Gasteiger partial charge < -0.3 is 4.90 Å². The highest BCUT2D eigenvalue weighted by Gasteiger charge is 2.29. The molecule has 0 spiro atoms. The second-order valence-corrected chi connectivity index (χ2v) is 7.48. The third-order valence-electron chi connectivity index (χ3n) is 4.92. The smallest absolute Gasteiger partial charge is 0.307 e. The van der Waals surface area contributed by atoms with Crippen molar-refractivity contribution in [3.8, 4) is 0 Å². The lowest BCUT2D eigenvalue weighted by Crippen LogP contribution is -2.50. The van der Waals surface area contributed by atoms with E-state index in [0.29, 0.717) is 49.2 Å². The molecule has 8 nitrogen and oxygen atoms in total. The first-order valence-corrected chi connectivity index (χ1v) is 9.79. The molecule has 0 aliphatic carbocycles. The average molecular weight is 426 g/mol. The van der Waals surface area contributed by atoms with Crippen LogP contribution in [0.2, 0.25) is 10.0 Å². The van der Waals surface area contributed by atoms with Crippen LogP contribution in [0.5, 0.6) is 0 Å². The number of piperazine rings is 1. The summed E-state index contributed by atoms with van der Waals surface area (Å²) in [5.74, 6) is -0.0732. The minimum atomic E-state index is -0.543. The minimum Gasteiger partial charge on any atom is -0.338 e. The first kappa shape index (κ1) is 20.6. The number of hydrogen-bond acceptors (Lipinski definition) is 5. The molecule has 1 amide bonds. The zero-order chi connectivity index (χ0) is 20.3. The number of hydrogen-bond donors (Lipinski definition) is 0. The highest BCUT2D eigenvalue weighted by atomic mass is 35.5. The summed E-state index contributed by atoms with van der Waals surface area (Å²) in [4.78, 5) is 27.3. The van der Waals surface area contributed by atoms with Crippen LogP contribution in [0.3, 0.4) is 0 Å². The summed E-state index contributed by atoms with van der Waals surface area (Å²) < 4.78 is 1.39. The lowest BCUT2D eigenvalue weighted by atomic mass is 10.1. The Morgan fingerprint density at radius 1 is 1.25 bits per heavy atom. The number of carbonyl (C=O) groups is 1. The third kappa shape index (κ3) is 4.45. The maximum Gasteiger partial charge on any atom is 0.307 e. The van der Waals surface area contributed by atoms with E-state index in [2.05, 4.69) is 10.00 Å². The molecule has 1 fully saturated rings. The molecule has 28 heavy (non-hydrogen) atoms. The molecule has 1 saturated heterocycles. The molecule has 0 N–H and O–H groups in total. The second kappa shape index (κ2) is 8.89. The van der Waals surface area contributed by atoms with Crippen LogP contribution in [-0.2, 0) is 11.3 Å². The number of rotatable bonds is 6. The van der Waals surface area contributed by atoms with E-state index in [9.17, 15) is 14.9 Å². The van der Waals surface area contributed by atoms with E-state index in [1.54, 1.807) is 4.90 Å². The molecule has 1 aromatic carbocycles. The van der Waals surface area contributed by atoms with Crippen LogP contribution in [0.15, 0.2) is 30.6 Å². The maximum absolute atomic E-state index is 12.9. The molecule has 0 bridgehead atoms. The van der Waals surface area contributed by atoms with Gasteiger partial charge in [0.15, 0.2) is 0 Å². The van der Waals surface area contributed by atoms with Crippen LogP contribution in [0.1, 0.15) is 24.9 Å². The third-order valence-corrected chi connectivity index (χ3v) is 5.63. The number of nitro groups is 1. The Balaban J connectivity index is 1.61. The molecular weight excluding hydrogens is 405 g/mol. The molecular formula is C18H21Cl2N5O3. The number of halogens is 2. The molecule has 2 heterocycles. The summed E-state index contributed by atoms with van der Waals surface area (Å²) in [7, 11) is 0. The van der Waals surface area contributed by atoms with Gasteiger partial charge >= 0.3 is 5.69 Å². The maximum atomic E-state index is 12.9. The number of aromatic nitrogens is 2. The summed E-state index contributed by atoms with van der Waals surface area (Å²) in [6.07, 6.45) is 2.98. The van der Waals surface area contributed by atoms with Crippen molar-refractivity contribution in [1.29, 1.82) is 0 Å². The highest BCUT2D eigenvalue weighted by Crippen LogP contribution is 2.26. The van der Waals surface area contributed by atoms with Crippen molar-refractivity contribution < 1.29 is 9.72 Å². The molecule has 150 valence electrons. The van der Waals surface area contributed by atoms with Crippen LogP contribution in [0, 0.1) is 10.1 Å². The van der Waals surface area contributed by atoms with E-state index >= 15 is 0 Å². The van der Waals surface area contributed by atoms with E-state index in [1.165, 1.54) is 17.1 Å². The van der Waals surface area contributed by atoms with Crippen molar-refractivity contribution >= 4 is 34.8 Å². The van der Waals surface area contributed by atoms with Gasteiger partial charge in [-0.25, -0.2) is 0 Å². The normalized spacial score (nSPS) is 16.2. The van der Waals surface area contributed by atoms with Gasteiger partial charge in [-0.05, 0) is 18.6 Å². The SMILES string of the molecule is CCC(C(=O)N1CCN(Cc2c(Cl)cccc2Cl)CC1)n1cc([N+](=O)[O-])cn1. The summed E-state index contributed by atoms with van der Waals surface area (Å²) >= 11 is 12.5. The van der Waals surface area contributed by atoms with Gasteiger partial charge in [0.25, 0.3) is 0 Å². The summed E-state index contributed by atoms with van der Waals surface area (Å²) in [5, 5.41) is 16.1. The standard InChI is InChI=1S/C18H21Cl2N5O3/c1-2-17(24-11-13(10-21-24)25(27)28)18(26)23-8-6-22(7-9-23)12-14-15(19)4-3-5-16(14)20/h3-5,10-11,17H,2,6-9,12H2,1H3. The molecule has 1 aliphatic rings. The van der Waals surface area contributed by atoms with E-state index < -0.39 is 11.0 Å². The van der Waals surface area contributed by atoms with Crippen molar-refractivity contribution in [3.63, 3.8) is 0 Å². The van der Waals surface area contributed by atoms with Crippen LogP contribution >= 0.6 is 23.2 Å². The van der Waals surface area contributed by atoms with Crippen molar-refractivity contribution in [3.05, 3.63) is 56.3 Å². The van der Waals surface area contributed by atoms with Crippen molar-refractivity contribution in [1.82, 2.24) is 19.6 Å². The zero-order valence-corrected chi connectivity index (χ0v) is 16.9. The first-order chi connectivity index (χ1) is 13.4. The number of amides is 1. The van der Waals surface area contributed by atoms with Gasteiger partial charge in [-0.3, -0.25) is 24.5 Å². The van der Waals surface area contributed by atoms with E-state index in [-0.39, 0.29) is 11.6 Å². The van der Waals surface area contributed by atoms with Gasteiger partial charge in [-0.2, -0.15) is 5.10 Å². The fourth-order valence-corrected chi connectivity index (χ4v) is 3.83. The molecule has 0 saturated carbocycles. The fourth-order valence-electron chi connectivity index (χ4n) is 3.31. The fraction of sp³-hybridized carbons (Fsp3) is 0.444. The first-order valence-electron chi connectivity index (χ1n) is 9.03. The lowest BCUT2D eigenvalue weighted by molar-refractivity contribution is -0.385. The molecule has 0 radical (unpaired) electrons. The Labute approximate surface area is 172 Å². The van der Waals surface area contributed by atoms with Crippen LogP contribution in [-0.4, -0.2) is 56.6 Å².